The van der Waals surface area contributed by atoms with Gasteiger partial charge in [0.25, 0.3) is 0 Å². The summed E-state index contributed by atoms with van der Waals surface area (Å²) in [5.41, 5.74) is 1.15. The van der Waals surface area contributed by atoms with E-state index in [1.807, 2.05) is 0 Å². The van der Waals surface area contributed by atoms with Gasteiger partial charge in [-0.25, -0.2) is 0 Å². The van der Waals surface area contributed by atoms with Gasteiger partial charge in [0, 0.05) is 12.7 Å². The van der Waals surface area contributed by atoms with Crippen LogP contribution in [0.2, 0.25) is 0 Å². The second-order valence-corrected chi connectivity index (χ2v) is 5.12. The number of hydrogen-bond donors (Lipinski definition) is 1. The number of hydrogen-bond acceptors (Lipinski definition) is 2. The normalized spacial score (nSPS) is 11.6. The molecule has 0 saturated carbocycles. The predicted octanol–water partition coefficient (Wildman–Crippen LogP) is 3.38. The fourth-order valence-electron chi connectivity index (χ4n) is 1.95. The van der Waals surface area contributed by atoms with Crippen LogP contribution in [0.5, 0.6) is 0 Å². The standard InChI is InChI=1S/C14H27N3/c1-5-14(6-2)17-10-8-13(16-17)11-15-9-7-12(3)4/h8,10,12,14-15H,5-7,9,11H2,1-4H3. The topological polar surface area (TPSA) is 29.9 Å². The molecule has 1 heterocycles. The van der Waals surface area contributed by atoms with Crippen molar-refractivity contribution in [3.8, 4) is 0 Å². The van der Waals surface area contributed by atoms with E-state index in [0.717, 1.165) is 37.5 Å². The van der Waals surface area contributed by atoms with E-state index in [1.54, 1.807) is 0 Å². The van der Waals surface area contributed by atoms with Crippen LogP contribution in [-0.4, -0.2) is 16.3 Å². The highest BCUT2D eigenvalue weighted by molar-refractivity contribution is 4.99. The molecule has 98 valence electrons. The van der Waals surface area contributed by atoms with E-state index >= 15 is 0 Å². The van der Waals surface area contributed by atoms with E-state index in [9.17, 15) is 0 Å². The van der Waals surface area contributed by atoms with E-state index < -0.39 is 0 Å². The fourth-order valence-corrected chi connectivity index (χ4v) is 1.95. The van der Waals surface area contributed by atoms with Crippen LogP contribution in [0.4, 0.5) is 0 Å². The molecule has 0 aliphatic heterocycles. The third-order valence-corrected chi connectivity index (χ3v) is 3.18. The maximum atomic E-state index is 4.62. The first-order valence-electron chi connectivity index (χ1n) is 6.92. The highest BCUT2D eigenvalue weighted by atomic mass is 15.3. The molecule has 1 N–H and O–H groups in total. The summed E-state index contributed by atoms with van der Waals surface area (Å²) in [5.74, 6) is 0.768. The van der Waals surface area contributed by atoms with Crippen LogP contribution in [0.25, 0.3) is 0 Å². The van der Waals surface area contributed by atoms with Crippen molar-refractivity contribution in [1.29, 1.82) is 0 Å². The molecule has 0 amide bonds. The van der Waals surface area contributed by atoms with Gasteiger partial charge in [-0.1, -0.05) is 27.7 Å². The SMILES string of the molecule is CCC(CC)n1ccc(CNCCC(C)C)n1. The molecule has 0 unspecified atom stereocenters. The first-order valence-corrected chi connectivity index (χ1v) is 6.92. The summed E-state index contributed by atoms with van der Waals surface area (Å²) < 4.78 is 2.11. The largest absolute Gasteiger partial charge is 0.311 e. The Bertz CT molecular complexity index is 300. The van der Waals surface area contributed by atoms with E-state index in [2.05, 4.69) is 55.1 Å². The Morgan fingerprint density at radius 2 is 2.00 bits per heavy atom. The zero-order valence-corrected chi connectivity index (χ0v) is 11.7. The first kappa shape index (κ1) is 14.2. The molecule has 0 aliphatic carbocycles. The Balaban J connectivity index is 2.35. The molecule has 3 nitrogen and oxygen atoms in total. The van der Waals surface area contributed by atoms with Crippen molar-refractivity contribution in [1.82, 2.24) is 15.1 Å². The number of rotatable bonds is 8. The molecule has 0 saturated heterocycles. The van der Waals surface area contributed by atoms with Crippen molar-refractivity contribution in [3.05, 3.63) is 18.0 Å². The van der Waals surface area contributed by atoms with E-state index in [4.69, 9.17) is 0 Å². The number of nitrogens with zero attached hydrogens (tertiary/aromatic N) is 2. The van der Waals surface area contributed by atoms with E-state index in [1.165, 1.54) is 6.42 Å². The van der Waals surface area contributed by atoms with Gasteiger partial charge in [-0.05, 0) is 37.8 Å². The Hall–Kier alpha value is -0.830. The zero-order chi connectivity index (χ0) is 12.7. The molecule has 1 aromatic heterocycles. The first-order chi connectivity index (χ1) is 8.17. The van der Waals surface area contributed by atoms with Gasteiger partial charge in [-0.2, -0.15) is 5.10 Å². The minimum absolute atomic E-state index is 0.555. The molecular weight excluding hydrogens is 210 g/mol. The van der Waals surface area contributed by atoms with Gasteiger partial charge in [0.15, 0.2) is 0 Å². The van der Waals surface area contributed by atoms with Gasteiger partial charge in [-0.15, -0.1) is 0 Å². The van der Waals surface area contributed by atoms with Crippen LogP contribution in [0.3, 0.4) is 0 Å². The second-order valence-electron chi connectivity index (χ2n) is 5.12. The van der Waals surface area contributed by atoms with E-state index in [-0.39, 0.29) is 0 Å². The minimum atomic E-state index is 0.555. The van der Waals surface area contributed by atoms with Crippen molar-refractivity contribution >= 4 is 0 Å². The summed E-state index contributed by atoms with van der Waals surface area (Å²) in [5, 5.41) is 8.07. The molecule has 0 radical (unpaired) electrons. The molecule has 0 atom stereocenters. The molecule has 3 heteroatoms. The van der Waals surface area contributed by atoms with Crippen LogP contribution < -0.4 is 5.32 Å². The molecule has 0 fully saturated rings. The molecule has 17 heavy (non-hydrogen) atoms. The van der Waals surface area contributed by atoms with Crippen molar-refractivity contribution < 1.29 is 0 Å². The Morgan fingerprint density at radius 3 is 2.59 bits per heavy atom. The molecule has 1 aromatic rings. The maximum Gasteiger partial charge on any atom is 0.0762 e. The minimum Gasteiger partial charge on any atom is -0.311 e. The summed E-state index contributed by atoms with van der Waals surface area (Å²) in [4.78, 5) is 0. The van der Waals surface area contributed by atoms with Gasteiger partial charge < -0.3 is 5.32 Å². The molecule has 0 bridgehead atoms. The number of aromatic nitrogens is 2. The second kappa shape index (κ2) is 7.49. The molecule has 0 aromatic carbocycles. The summed E-state index contributed by atoms with van der Waals surface area (Å²) >= 11 is 0. The van der Waals surface area contributed by atoms with Crippen molar-refractivity contribution in [2.24, 2.45) is 5.92 Å². The lowest BCUT2D eigenvalue weighted by Crippen LogP contribution is -2.17. The third kappa shape index (κ3) is 4.90. The van der Waals surface area contributed by atoms with Crippen LogP contribution in [-0.2, 0) is 6.54 Å². The number of nitrogens with one attached hydrogen (secondary N) is 1. The Kier molecular flexibility index (Phi) is 6.27. The summed E-state index contributed by atoms with van der Waals surface area (Å²) in [6.45, 7) is 10.9. The quantitative estimate of drug-likeness (QED) is 0.702. The summed E-state index contributed by atoms with van der Waals surface area (Å²) in [7, 11) is 0. The summed E-state index contributed by atoms with van der Waals surface area (Å²) in [6, 6.07) is 2.68. The lowest BCUT2D eigenvalue weighted by molar-refractivity contribution is 0.423. The fraction of sp³-hybridized carbons (Fsp3) is 0.786. The highest BCUT2D eigenvalue weighted by Crippen LogP contribution is 2.14. The average molecular weight is 237 g/mol. The monoisotopic (exact) mass is 237 g/mol. The van der Waals surface area contributed by atoms with Crippen LogP contribution in [0, 0.1) is 5.92 Å². The third-order valence-electron chi connectivity index (χ3n) is 3.18. The van der Waals surface area contributed by atoms with Crippen LogP contribution >= 0.6 is 0 Å². The van der Waals surface area contributed by atoms with Crippen molar-refractivity contribution in [2.75, 3.05) is 6.54 Å². The smallest absolute Gasteiger partial charge is 0.0762 e. The van der Waals surface area contributed by atoms with Crippen LogP contribution in [0.1, 0.15) is 58.7 Å². The van der Waals surface area contributed by atoms with Gasteiger partial charge in [-0.3, -0.25) is 4.68 Å². The van der Waals surface area contributed by atoms with Gasteiger partial charge in [0.1, 0.15) is 0 Å². The van der Waals surface area contributed by atoms with E-state index in [0.29, 0.717) is 6.04 Å². The Labute approximate surface area is 106 Å². The molecule has 1 rings (SSSR count). The molecule has 0 spiro atoms. The lowest BCUT2D eigenvalue weighted by atomic mass is 10.1. The van der Waals surface area contributed by atoms with Gasteiger partial charge in [0.2, 0.25) is 0 Å². The average Bonchev–Trinajstić information content (AvgIpc) is 2.75. The predicted molar refractivity (Wildman–Crippen MR) is 73.0 cm³/mol. The molecular formula is C14H27N3. The van der Waals surface area contributed by atoms with Gasteiger partial charge in [0.05, 0.1) is 11.7 Å². The Morgan fingerprint density at radius 1 is 1.29 bits per heavy atom. The lowest BCUT2D eigenvalue weighted by Gasteiger charge is -2.12. The van der Waals surface area contributed by atoms with Gasteiger partial charge >= 0.3 is 0 Å². The zero-order valence-electron chi connectivity index (χ0n) is 11.7. The van der Waals surface area contributed by atoms with Crippen molar-refractivity contribution in [3.63, 3.8) is 0 Å². The molecule has 0 aliphatic rings. The van der Waals surface area contributed by atoms with Crippen LogP contribution in [0.15, 0.2) is 12.3 Å². The van der Waals surface area contributed by atoms with Crippen molar-refractivity contribution in [2.45, 2.75) is 59.5 Å². The summed E-state index contributed by atoms with van der Waals surface area (Å²) in [6.07, 6.45) is 5.64. The highest BCUT2D eigenvalue weighted by Gasteiger charge is 2.07. The maximum absolute atomic E-state index is 4.62.